The lowest BCUT2D eigenvalue weighted by molar-refractivity contribution is 0.102. The Morgan fingerprint density at radius 2 is 2.00 bits per heavy atom. The number of hydrogen-bond acceptors (Lipinski definition) is 6. The van der Waals surface area contributed by atoms with E-state index in [1.54, 1.807) is 30.3 Å². The first-order chi connectivity index (χ1) is 12.6. The smallest absolute Gasteiger partial charge is 0.261 e. The third kappa shape index (κ3) is 4.67. The first-order valence-electron chi connectivity index (χ1n) is 7.41. The van der Waals surface area contributed by atoms with E-state index in [-0.39, 0.29) is 5.91 Å². The molecule has 9 heteroatoms. The number of halogens is 2. The molecule has 0 fully saturated rings. The maximum Gasteiger partial charge on any atom is 0.261 e. The van der Waals surface area contributed by atoms with Crippen molar-refractivity contribution in [3.05, 3.63) is 63.6 Å². The van der Waals surface area contributed by atoms with Crippen molar-refractivity contribution in [1.29, 1.82) is 0 Å². The number of thioether (sulfide) groups is 1. The molecule has 0 aliphatic rings. The van der Waals surface area contributed by atoms with Crippen molar-refractivity contribution in [1.82, 2.24) is 10.2 Å². The summed E-state index contributed by atoms with van der Waals surface area (Å²) in [4.78, 5) is 12.4. The molecular weight excluding hydrogens is 413 g/mol. The second-order valence-corrected chi connectivity index (χ2v) is 8.08. The van der Waals surface area contributed by atoms with Crippen molar-refractivity contribution in [3.63, 3.8) is 0 Å². The Labute approximate surface area is 168 Å². The number of carbonyl (C=O) groups excluding carboxylic acids is 1. The lowest BCUT2D eigenvalue weighted by atomic mass is 10.2. The quantitative estimate of drug-likeness (QED) is 0.423. The number of rotatable bonds is 6. The topological polar surface area (TPSA) is 64.1 Å². The van der Waals surface area contributed by atoms with E-state index in [2.05, 4.69) is 15.5 Å². The Kier molecular flexibility index (Phi) is 6.37. The fourth-order valence-corrected chi connectivity index (χ4v) is 4.10. The van der Waals surface area contributed by atoms with Crippen LogP contribution in [0.3, 0.4) is 0 Å². The van der Waals surface area contributed by atoms with Crippen molar-refractivity contribution in [3.8, 4) is 5.75 Å². The molecule has 2 aromatic carbocycles. The van der Waals surface area contributed by atoms with Gasteiger partial charge in [-0.1, -0.05) is 64.5 Å². The van der Waals surface area contributed by atoms with Crippen molar-refractivity contribution >= 4 is 57.3 Å². The van der Waals surface area contributed by atoms with Crippen molar-refractivity contribution in [2.24, 2.45) is 0 Å². The van der Waals surface area contributed by atoms with Crippen LogP contribution in [0.4, 0.5) is 5.13 Å². The van der Waals surface area contributed by atoms with E-state index in [9.17, 15) is 4.79 Å². The Bertz CT molecular complexity index is 934. The summed E-state index contributed by atoms with van der Waals surface area (Å²) < 4.78 is 5.94. The van der Waals surface area contributed by atoms with Gasteiger partial charge in [0.05, 0.1) is 22.7 Å². The first kappa shape index (κ1) is 19.0. The molecule has 0 aliphatic heterocycles. The van der Waals surface area contributed by atoms with Crippen LogP contribution < -0.4 is 10.1 Å². The number of ether oxygens (including phenoxy) is 1. The zero-order valence-electron chi connectivity index (χ0n) is 13.5. The first-order valence-corrected chi connectivity index (χ1v) is 9.97. The highest BCUT2D eigenvalue weighted by molar-refractivity contribution is 8.00. The zero-order valence-corrected chi connectivity index (χ0v) is 16.7. The Morgan fingerprint density at radius 1 is 1.19 bits per heavy atom. The molecule has 0 saturated carbocycles. The van der Waals surface area contributed by atoms with E-state index in [1.807, 2.05) is 12.1 Å². The molecular formula is C17H13Cl2N3O2S2. The summed E-state index contributed by atoms with van der Waals surface area (Å²) in [5, 5.41) is 12.3. The second kappa shape index (κ2) is 8.73. The molecule has 1 N–H and O–H groups in total. The predicted molar refractivity (Wildman–Crippen MR) is 107 cm³/mol. The number of para-hydroxylation sites is 1. The molecule has 0 spiro atoms. The number of aromatic nitrogens is 2. The van der Waals surface area contributed by atoms with Gasteiger partial charge in [-0.25, -0.2) is 0 Å². The number of nitrogens with zero attached hydrogens (tertiary/aromatic N) is 2. The number of carbonyl (C=O) groups is 1. The second-order valence-electron chi connectivity index (χ2n) is 5.06. The SMILES string of the molecule is COc1ccccc1C(=O)Nc1nnc(SCc2ccc(Cl)c(Cl)c2)s1. The van der Waals surface area contributed by atoms with E-state index in [1.165, 1.54) is 30.2 Å². The van der Waals surface area contributed by atoms with Gasteiger partial charge in [0.15, 0.2) is 4.34 Å². The number of methoxy groups -OCH3 is 1. The molecule has 5 nitrogen and oxygen atoms in total. The van der Waals surface area contributed by atoms with Crippen LogP contribution in [0.5, 0.6) is 5.75 Å². The number of benzene rings is 2. The molecule has 0 aliphatic carbocycles. The maximum absolute atomic E-state index is 12.4. The van der Waals surface area contributed by atoms with Gasteiger partial charge in [0.25, 0.3) is 5.91 Å². The van der Waals surface area contributed by atoms with Crippen LogP contribution in [0, 0.1) is 0 Å². The Hall–Kier alpha value is -1.80. The lowest BCUT2D eigenvalue weighted by Crippen LogP contribution is -2.12. The largest absolute Gasteiger partial charge is 0.496 e. The van der Waals surface area contributed by atoms with Crippen molar-refractivity contribution in [2.45, 2.75) is 10.1 Å². The fourth-order valence-electron chi connectivity index (χ4n) is 2.09. The normalized spacial score (nSPS) is 10.6. The number of nitrogens with one attached hydrogen (secondary N) is 1. The van der Waals surface area contributed by atoms with Crippen LogP contribution in [0.2, 0.25) is 10.0 Å². The summed E-state index contributed by atoms with van der Waals surface area (Å²) >= 11 is 14.7. The molecule has 0 atom stereocenters. The molecule has 0 unspecified atom stereocenters. The van der Waals surface area contributed by atoms with Crippen LogP contribution in [0.25, 0.3) is 0 Å². The number of hydrogen-bond donors (Lipinski definition) is 1. The average Bonchev–Trinajstić information content (AvgIpc) is 3.10. The summed E-state index contributed by atoms with van der Waals surface area (Å²) in [6, 6.07) is 12.5. The lowest BCUT2D eigenvalue weighted by Gasteiger charge is -2.06. The van der Waals surface area contributed by atoms with Gasteiger partial charge >= 0.3 is 0 Å². The highest BCUT2D eigenvalue weighted by Gasteiger charge is 2.14. The molecule has 1 amide bonds. The van der Waals surface area contributed by atoms with Gasteiger partial charge in [-0.05, 0) is 29.8 Å². The highest BCUT2D eigenvalue weighted by Crippen LogP contribution is 2.31. The predicted octanol–water partition coefficient (Wildman–Crippen LogP) is 5.40. The molecule has 1 heterocycles. The van der Waals surface area contributed by atoms with Crippen molar-refractivity contribution in [2.75, 3.05) is 12.4 Å². The van der Waals surface area contributed by atoms with Crippen LogP contribution >= 0.6 is 46.3 Å². The van der Waals surface area contributed by atoms with Gasteiger partial charge in [-0.2, -0.15) is 0 Å². The van der Waals surface area contributed by atoms with E-state index in [0.29, 0.717) is 32.2 Å². The minimum atomic E-state index is -0.292. The summed E-state index contributed by atoms with van der Waals surface area (Å²) in [6.07, 6.45) is 0. The molecule has 3 rings (SSSR count). The van der Waals surface area contributed by atoms with E-state index in [0.717, 1.165) is 9.90 Å². The van der Waals surface area contributed by atoms with E-state index in [4.69, 9.17) is 27.9 Å². The van der Waals surface area contributed by atoms with Gasteiger partial charge in [-0.3, -0.25) is 10.1 Å². The van der Waals surface area contributed by atoms with Crippen LogP contribution in [0.1, 0.15) is 15.9 Å². The maximum atomic E-state index is 12.4. The van der Waals surface area contributed by atoms with Gasteiger partial charge in [0.2, 0.25) is 5.13 Å². The standard InChI is InChI=1S/C17H13Cl2N3O2S2/c1-24-14-5-3-2-4-11(14)15(23)20-16-21-22-17(26-16)25-9-10-6-7-12(18)13(19)8-10/h2-8H,9H2,1H3,(H,20,21,23). The number of amides is 1. The third-order valence-electron chi connectivity index (χ3n) is 3.32. The van der Waals surface area contributed by atoms with Gasteiger partial charge in [-0.15, -0.1) is 10.2 Å². The van der Waals surface area contributed by atoms with Gasteiger partial charge in [0.1, 0.15) is 5.75 Å². The minimum Gasteiger partial charge on any atom is -0.496 e. The van der Waals surface area contributed by atoms with Crippen molar-refractivity contribution < 1.29 is 9.53 Å². The highest BCUT2D eigenvalue weighted by atomic mass is 35.5. The zero-order chi connectivity index (χ0) is 18.5. The monoisotopic (exact) mass is 425 g/mol. The van der Waals surface area contributed by atoms with E-state index < -0.39 is 0 Å². The van der Waals surface area contributed by atoms with Crippen LogP contribution in [-0.2, 0) is 5.75 Å². The molecule has 26 heavy (non-hydrogen) atoms. The fraction of sp³-hybridized carbons (Fsp3) is 0.118. The Balaban J connectivity index is 1.62. The van der Waals surface area contributed by atoms with E-state index >= 15 is 0 Å². The molecule has 0 saturated heterocycles. The Morgan fingerprint density at radius 3 is 2.77 bits per heavy atom. The molecule has 134 valence electrons. The van der Waals surface area contributed by atoms with Crippen LogP contribution in [-0.4, -0.2) is 23.2 Å². The molecule has 1 aromatic heterocycles. The molecule has 3 aromatic rings. The molecule has 0 radical (unpaired) electrons. The summed E-state index contributed by atoms with van der Waals surface area (Å²) in [7, 11) is 1.52. The summed E-state index contributed by atoms with van der Waals surface area (Å²) in [6.45, 7) is 0. The third-order valence-corrected chi connectivity index (χ3v) is 6.11. The summed E-state index contributed by atoms with van der Waals surface area (Å²) in [5.74, 6) is 0.884. The summed E-state index contributed by atoms with van der Waals surface area (Å²) in [5.41, 5.74) is 1.47. The number of anilines is 1. The minimum absolute atomic E-state index is 0.292. The van der Waals surface area contributed by atoms with Crippen LogP contribution in [0.15, 0.2) is 46.8 Å². The van der Waals surface area contributed by atoms with Gasteiger partial charge in [0, 0.05) is 5.75 Å². The molecule has 0 bridgehead atoms. The average molecular weight is 426 g/mol. The van der Waals surface area contributed by atoms with Gasteiger partial charge < -0.3 is 4.74 Å².